The lowest BCUT2D eigenvalue weighted by atomic mass is 10.1. The average Bonchev–Trinajstić information content (AvgIpc) is 3.33. The van der Waals surface area contributed by atoms with Crippen molar-refractivity contribution in [3.63, 3.8) is 0 Å². The molecule has 1 aliphatic rings. The van der Waals surface area contributed by atoms with Crippen molar-refractivity contribution in [3.8, 4) is 0 Å². The molecule has 0 saturated carbocycles. The van der Waals surface area contributed by atoms with Gasteiger partial charge in [-0.25, -0.2) is 9.97 Å². The molecule has 3 heterocycles. The fourth-order valence-electron chi connectivity index (χ4n) is 3.51. The number of pyridine rings is 1. The largest absolute Gasteiger partial charge is 0.298 e. The molecule has 29 heavy (non-hydrogen) atoms. The Morgan fingerprint density at radius 3 is 2.83 bits per heavy atom. The number of carbonyl (C=O) groups is 1. The summed E-state index contributed by atoms with van der Waals surface area (Å²) in [6.07, 6.45) is 2.15. The molecular formula is C21H20BrClN4OS. The molecule has 1 amide bonds. The summed E-state index contributed by atoms with van der Waals surface area (Å²) in [5.74, 6) is -0.154. The first kappa shape index (κ1) is 20.5. The Balaban J connectivity index is 1.45. The normalized spacial score (nSPS) is 16.9. The van der Waals surface area contributed by atoms with Crippen LogP contribution in [0.15, 0.2) is 46.3 Å². The summed E-state index contributed by atoms with van der Waals surface area (Å²) in [5, 5.41) is 6.13. The summed E-state index contributed by atoms with van der Waals surface area (Å²) in [7, 11) is 0. The lowest BCUT2D eigenvalue weighted by molar-refractivity contribution is 0.102. The van der Waals surface area contributed by atoms with Crippen molar-refractivity contribution < 1.29 is 4.79 Å². The van der Waals surface area contributed by atoms with Gasteiger partial charge in [0.2, 0.25) is 0 Å². The number of anilines is 1. The number of benzene rings is 1. The number of hydrogen-bond donors (Lipinski definition) is 1. The third kappa shape index (κ3) is 4.86. The number of thiazole rings is 1. The van der Waals surface area contributed by atoms with Crippen molar-refractivity contribution in [2.75, 3.05) is 11.9 Å². The summed E-state index contributed by atoms with van der Waals surface area (Å²) in [4.78, 5) is 23.9. The van der Waals surface area contributed by atoms with Gasteiger partial charge < -0.3 is 0 Å². The molecule has 8 heteroatoms. The van der Waals surface area contributed by atoms with Gasteiger partial charge >= 0.3 is 0 Å². The monoisotopic (exact) mass is 490 g/mol. The second kappa shape index (κ2) is 8.92. The third-order valence-electron chi connectivity index (χ3n) is 4.99. The van der Waals surface area contributed by atoms with E-state index in [4.69, 9.17) is 16.6 Å². The Morgan fingerprint density at radius 2 is 2.07 bits per heavy atom. The molecule has 0 unspecified atom stereocenters. The minimum absolute atomic E-state index is 0.154. The molecule has 0 aliphatic carbocycles. The quantitative estimate of drug-likeness (QED) is 0.455. The highest BCUT2D eigenvalue weighted by Crippen LogP contribution is 2.35. The molecule has 5 nitrogen and oxygen atoms in total. The van der Waals surface area contributed by atoms with Gasteiger partial charge in [-0.15, -0.1) is 11.3 Å². The summed E-state index contributed by atoms with van der Waals surface area (Å²) in [6.45, 7) is 3.68. The zero-order chi connectivity index (χ0) is 20.4. The van der Waals surface area contributed by atoms with Crippen LogP contribution in [0.1, 0.15) is 46.2 Å². The van der Waals surface area contributed by atoms with Crippen LogP contribution in [0.2, 0.25) is 5.15 Å². The summed E-state index contributed by atoms with van der Waals surface area (Å²) in [6, 6.07) is 11.5. The molecule has 0 bridgehead atoms. The van der Waals surface area contributed by atoms with Crippen LogP contribution < -0.4 is 5.32 Å². The minimum Gasteiger partial charge on any atom is -0.298 e. The number of carbonyl (C=O) groups excluding carboxylic acids is 1. The van der Waals surface area contributed by atoms with Gasteiger partial charge in [-0.1, -0.05) is 33.6 Å². The van der Waals surface area contributed by atoms with Crippen LogP contribution >= 0.6 is 38.9 Å². The zero-order valence-electron chi connectivity index (χ0n) is 15.9. The van der Waals surface area contributed by atoms with Crippen LogP contribution in [-0.2, 0) is 6.54 Å². The molecule has 3 aromatic rings. The smallest absolute Gasteiger partial charge is 0.257 e. The van der Waals surface area contributed by atoms with Gasteiger partial charge in [0.05, 0.1) is 11.7 Å². The van der Waals surface area contributed by atoms with Gasteiger partial charge in [-0.3, -0.25) is 15.0 Å². The van der Waals surface area contributed by atoms with Crippen LogP contribution in [0.5, 0.6) is 0 Å². The van der Waals surface area contributed by atoms with E-state index in [0.29, 0.717) is 15.8 Å². The Morgan fingerprint density at radius 1 is 1.28 bits per heavy atom. The van der Waals surface area contributed by atoms with E-state index in [1.165, 1.54) is 11.3 Å². The van der Waals surface area contributed by atoms with Gasteiger partial charge in [-0.05, 0) is 56.6 Å². The Labute approximate surface area is 187 Å². The molecule has 0 spiro atoms. The molecule has 4 rings (SSSR count). The number of nitrogens with zero attached hydrogens (tertiary/aromatic N) is 3. The lowest BCUT2D eigenvalue weighted by Crippen LogP contribution is -2.23. The zero-order valence-corrected chi connectivity index (χ0v) is 19.0. The topological polar surface area (TPSA) is 58.1 Å². The maximum atomic E-state index is 12.4. The molecule has 1 fully saturated rings. The fraction of sp³-hybridized carbons (Fsp3) is 0.286. The van der Waals surface area contributed by atoms with E-state index in [0.717, 1.165) is 47.4 Å². The van der Waals surface area contributed by atoms with Crippen molar-refractivity contribution in [3.05, 3.63) is 73.9 Å². The van der Waals surface area contributed by atoms with Gasteiger partial charge in [0, 0.05) is 33.2 Å². The second-order valence-corrected chi connectivity index (χ2v) is 9.20. The second-order valence-electron chi connectivity index (χ2n) is 7.07. The van der Waals surface area contributed by atoms with Crippen molar-refractivity contribution in [2.24, 2.45) is 0 Å². The number of likely N-dealkylation sites (tertiary alicyclic amines) is 1. The van der Waals surface area contributed by atoms with Crippen molar-refractivity contribution >= 4 is 49.9 Å². The van der Waals surface area contributed by atoms with E-state index in [9.17, 15) is 4.79 Å². The van der Waals surface area contributed by atoms with Gasteiger partial charge in [0.15, 0.2) is 5.13 Å². The third-order valence-corrected chi connectivity index (χ3v) is 6.62. The van der Waals surface area contributed by atoms with E-state index >= 15 is 0 Å². The first-order valence-electron chi connectivity index (χ1n) is 9.38. The number of hydrogen-bond acceptors (Lipinski definition) is 5. The highest BCUT2D eigenvalue weighted by molar-refractivity contribution is 9.10. The summed E-state index contributed by atoms with van der Waals surface area (Å²) >= 11 is 11.2. The fourth-order valence-corrected chi connectivity index (χ4v) is 4.78. The van der Waals surface area contributed by atoms with Gasteiger partial charge in [0.25, 0.3) is 5.91 Å². The number of amides is 1. The van der Waals surface area contributed by atoms with E-state index in [1.54, 1.807) is 12.1 Å². The average molecular weight is 492 g/mol. The van der Waals surface area contributed by atoms with E-state index in [2.05, 4.69) is 31.1 Å². The maximum absolute atomic E-state index is 12.4. The maximum Gasteiger partial charge on any atom is 0.257 e. The molecule has 1 aliphatic heterocycles. The van der Waals surface area contributed by atoms with Crippen molar-refractivity contribution in [1.82, 2.24) is 14.9 Å². The SMILES string of the molecule is Cc1ccc(CN2CCC[C@H]2c2csc(NC(=O)c3ccc(Br)cc3)n2)c(Cl)n1. The van der Waals surface area contributed by atoms with Crippen LogP contribution in [0.3, 0.4) is 0 Å². The van der Waals surface area contributed by atoms with Crippen LogP contribution in [0.4, 0.5) is 5.13 Å². The number of rotatable bonds is 5. The van der Waals surface area contributed by atoms with Crippen molar-refractivity contribution in [2.45, 2.75) is 32.4 Å². The first-order chi connectivity index (χ1) is 14.0. The first-order valence-corrected chi connectivity index (χ1v) is 11.4. The number of aryl methyl sites for hydroxylation is 1. The molecule has 1 saturated heterocycles. The highest BCUT2D eigenvalue weighted by Gasteiger charge is 2.28. The van der Waals surface area contributed by atoms with Gasteiger partial charge in [-0.2, -0.15) is 0 Å². The summed E-state index contributed by atoms with van der Waals surface area (Å²) < 4.78 is 0.941. The van der Waals surface area contributed by atoms with E-state index < -0.39 is 0 Å². The highest BCUT2D eigenvalue weighted by atomic mass is 79.9. The van der Waals surface area contributed by atoms with Crippen molar-refractivity contribution in [1.29, 1.82) is 0 Å². The summed E-state index contributed by atoms with van der Waals surface area (Å²) in [5.41, 5.74) is 3.55. The Kier molecular flexibility index (Phi) is 6.29. The van der Waals surface area contributed by atoms with Crippen LogP contribution in [0.25, 0.3) is 0 Å². The Hall–Kier alpha value is -1.80. The lowest BCUT2D eigenvalue weighted by Gasteiger charge is -2.23. The van der Waals surface area contributed by atoms with Crippen LogP contribution in [-0.4, -0.2) is 27.3 Å². The van der Waals surface area contributed by atoms with Gasteiger partial charge in [0.1, 0.15) is 5.15 Å². The number of aromatic nitrogens is 2. The molecule has 0 radical (unpaired) electrons. The Bertz CT molecular complexity index is 1020. The number of halogens is 2. The standard InChI is InChI=1S/C21H20BrClN4OS/c1-13-4-5-15(19(23)24-13)11-27-10-2-3-18(27)17-12-29-21(25-17)26-20(28)14-6-8-16(22)9-7-14/h4-9,12,18H,2-3,10-11H2,1H3,(H,25,26,28)/t18-/m0/s1. The molecule has 1 atom stereocenters. The minimum atomic E-state index is -0.154. The van der Waals surface area contributed by atoms with Crippen LogP contribution in [0, 0.1) is 6.92 Å². The predicted molar refractivity (Wildman–Crippen MR) is 121 cm³/mol. The number of nitrogens with one attached hydrogen (secondary N) is 1. The molecule has 1 aromatic carbocycles. The molecule has 150 valence electrons. The molecular weight excluding hydrogens is 472 g/mol. The van der Waals surface area contributed by atoms with E-state index in [-0.39, 0.29) is 11.9 Å². The van der Waals surface area contributed by atoms with E-state index in [1.807, 2.05) is 36.6 Å². The molecule has 1 N–H and O–H groups in total. The molecule has 2 aromatic heterocycles. The predicted octanol–water partition coefficient (Wildman–Crippen LogP) is 5.85.